The zero-order chi connectivity index (χ0) is 7.56. The van der Waals surface area contributed by atoms with E-state index in [9.17, 15) is 0 Å². The summed E-state index contributed by atoms with van der Waals surface area (Å²) in [5.41, 5.74) is 1.07. The van der Waals surface area contributed by atoms with Gasteiger partial charge in [0.25, 0.3) is 0 Å². The average Bonchev–Trinajstić information content (AvgIpc) is 2.34. The van der Waals surface area contributed by atoms with E-state index in [2.05, 4.69) is 5.10 Å². The summed E-state index contributed by atoms with van der Waals surface area (Å²) in [5, 5.41) is 12.8. The van der Waals surface area contributed by atoms with Crippen LogP contribution in [0.15, 0.2) is 12.3 Å². The van der Waals surface area contributed by atoms with Crippen LogP contribution in [0.4, 0.5) is 0 Å². The normalized spacial score (nSPS) is 13.5. The maximum Gasteiger partial charge on any atom is 0.0512 e. The molecule has 1 atom stereocenters. The lowest BCUT2D eigenvalue weighted by Gasteiger charge is -2.06. The Morgan fingerprint density at radius 3 is 2.90 bits per heavy atom. The summed E-state index contributed by atoms with van der Waals surface area (Å²) in [6.07, 6.45) is 1.74. The molecule has 0 amide bonds. The van der Waals surface area contributed by atoms with Crippen molar-refractivity contribution in [3.63, 3.8) is 0 Å². The van der Waals surface area contributed by atoms with Gasteiger partial charge in [-0.1, -0.05) is 6.92 Å². The molecule has 0 fully saturated rings. The predicted octanol–water partition coefficient (Wildman–Crippen LogP) is 0.516. The van der Waals surface area contributed by atoms with Gasteiger partial charge in [-0.25, -0.2) is 0 Å². The highest BCUT2D eigenvalue weighted by Gasteiger charge is 2.06. The minimum absolute atomic E-state index is 0.180. The fraction of sp³-hybridized carbons (Fsp3) is 0.571. The summed E-state index contributed by atoms with van der Waals surface area (Å²) in [6, 6.07) is 1.92. The Morgan fingerprint density at radius 2 is 2.50 bits per heavy atom. The van der Waals surface area contributed by atoms with E-state index < -0.39 is 0 Å². The summed E-state index contributed by atoms with van der Waals surface area (Å²) in [5.74, 6) is 0.187. The van der Waals surface area contributed by atoms with Gasteiger partial charge in [0, 0.05) is 24.9 Å². The van der Waals surface area contributed by atoms with Gasteiger partial charge in [0.05, 0.1) is 6.61 Å². The van der Waals surface area contributed by atoms with Crippen molar-refractivity contribution in [2.75, 3.05) is 6.61 Å². The SMILES string of the molecule is C[C@H](CO)c1ccnn1C. The molecule has 0 unspecified atom stereocenters. The van der Waals surface area contributed by atoms with Crippen LogP contribution >= 0.6 is 0 Å². The second-order valence-electron chi connectivity index (χ2n) is 2.46. The second kappa shape index (κ2) is 2.84. The lowest BCUT2D eigenvalue weighted by molar-refractivity contribution is 0.268. The minimum atomic E-state index is 0.180. The van der Waals surface area contributed by atoms with Crippen LogP contribution in [-0.2, 0) is 7.05 Å². The van der Waals surface area contributed by atoms with E-state index in [1.54, 1.807) is 10.9 Å². The topological polar surface area (TPSA) is 38.1 Å². The maximum atomic E-state index is 8.79. The summed E-state index contributed by atoms with van der Waals surface area (Å²) >= 11 is 0. The monoisotopic (exact) mass is 140 g/mol. The Kier molecular flexibility index (Phi) is 2.06. The molecule has 1 aromatic heterocycles. The van der Waals surface area contributed by atoms with Crippen molar-refractivity contribution < 1.29 is 5.11 Å². The highest BCUT2D eigenvalue weighted by molar-refractivity contribution is 5.05. The molecule has 1 heterocycles. The third-order valence-corrected chi connectivity index (χ3v) is 1.64. The maximum absolute atomic E-state index is 8.79. The predicted molar refractivity (Wildman–Crippen MR) is 38.7 cm³/mol. The van der Waals surface area contributed by atoms with Crippen LogP contribution in [-0.4, -0.2) is 21.5 Å². The van der Waals surface area contributed by atoms with Gasteiger partial charge in [0.15, 0.2) is 0 Å². The Labute approximate surface area is 60.3 Å². The number of aryl methyl sites for hydroxylation is 1. The first-order chi connectivity index (χ1) is 4.75. The van der Waals surface area contributed by atoms with Crippen LogP contribution in [0.25, 0.3) is 0 Å². The molecule has 0 aliphatic carbocycles. The average molecular weight is 140 g/mol. The summed E-state index contributed by atoms with van der Waals surface area (Å²) < 4.78 is 1.78. The molecule has 1 aromatic rings. The highest BCUT2D eigenvalue weighted by Crippen LogP contribution is 2.11. The highest BCUT2D eigenvalue weighted by atomic mass is 16.3. The van der Waals surface area contributed by atoms with Crippen LogP contribution in [0, 0.1) is 0 Å². The van der Waals surface area contributed by atoms with E-state index in [0.29, 0.717) is 0 Å². The van der Waals surface area contributed by atoms with Gasteiger partial charge in [-0.3, -0.25) is 4.68 Å². The van der Waals surface area contributed by atoms with Crippen molar-refractivity contribution in [3.8, 4) is 0 Å². The quantitative estimate of drug-likeness (QED) is 0.650. The van der Waals surface area contributed by atoms with Gasteiger partial charge in [-0.05, 0) is 6.07 Å². The lowest BCUT2D eigenvalue weighted by Crippen LogP contribution is -2.05. The third-order valence-electron chi connectivity index (χ3n) is 1.64. The van der Waals surface area contributed by atoms with Gasteiger partial charge >= 0.3 is 0 Å². The van der Waals surface area contributed by atoms with Crippen LogP contribution in [0.5, 0.6) is 0 Å². The molecule has 3 nitrogen and oxygen atoms in total. The fourth-order valence-corrected chi connectivity index (χ4v) is 0.961. The number of rotatable bonds is 2. The number of hydrogen-bond donors (Lipinski definition) is 1. The Hall–Kier alpha value is -0.830. The number of hydrogen-bond acceptors (Lipinski definition) is 2. The zero-order valence-electron chi connectivity index (χ0n) is 6.28. The van der Waals surface area contributed by atoms with Crippen molar-refractivity contribution >= 4 is 0 Å². The second-order valence-corrected chi connectivity index (χ2v) is 2.46. The first-order valence-corrected chi connectivity index (χ1v) is 3.34. The molecule has 1 rings (SSSR count). The van der Waals surface area contributed by atoms with E-state index in [1.807, 2.05) is 20.0 Å². The number of aliphatic hydroxyl groups is 1. The van der Waals surface area contributed by atoms with Crippen molar-refractivity contribution in [1.29, 1.82) is 0 Å². The molecule has 0 spiro atoms. The van der Waals surface area contributed by atoms with E-state index in [0.717, 1.165) is 5.69 Å². The molecule has 3 heteroatoms. The first-order valence-electron chi connectivity index (χ1n) is 3.34. The molecule has 0 aromatic carbocycles. The van der Waals surface area contributed by atoms with Crippen molar-refractivity contribution in [2.45, 2.75) is 12.8 Å². The number of aliphatic hydroxyl groups excluding tert-OH is 1. The molecule has 0 radical (unpaired) electrons. The van der Waals surface area contributed by atoms with Gasteiger partial charge in [-0.15, -0.1) is 0 Å². The molecule has 1 N–H and O–H groups in total. The summed E-state index contributed by atoms with van der Waals surface area (Å²) in [6.45, 7) is 2.15. The van der Waals surface area contributed by atoms with Gasteiger partial charge in [0.2, 0.25) is 0 Å². The van der Waals surface area contributed by atoms with E-state index in [4.69, 9.17) is 5.11 Å². The van der Waals surface area contributed by atoms with Crippen molar-refractivity contribution in [3.05, 3.63) is 18.0 Å². The van der Waals surface area contributed by atoms with E-state index in [-0.39, 0.29) is 12.5 Å². The van der Waals surface area contributed by atoms with Crippen LogP contribution in [0.1, 0.15) is 18.5 Å². The first kappa shape index (κ1) is 7.28. The van der Waals surface area contributed by atoms with E-state index >= 15 is 0 Å². The van der Waals surface area contributed by atoms with Gasteiger partial charge in [0.1, 0.15) is 0 Å². The third kappa shape index (κ3) is 1.19. The summed E-state index contributed by atoms with van der Waals surface area (Å²) in [7, 11) is 1.88. The number of nitrogens with zero attached hydrogens (tertiary/aromatic N) is 2. The minimum Gasteiger partial charge on any atom is -0.396 e. The van der Waals surface area contributed by atoms with Gasteiger partial charge < -0.3 is 5.11 Å². The van der Waals surface area contributed by atoms with Crippen molar-refractivity contribution in [2.24, 2.45) is 7.05 Å². The van der Waals surface area contributed by atoms with E-state index in [1.165, 1.54) is 0 Å². The lowest BCUT2D eigenvalue weighted by atomic mass is 10.1. The van der Waals surface area contributed by atoms with Crippen LogP contribution in [0.3, 0.4) is 0 Å². The molecular weight excluding hydrogens is 128 g/mol. The van der Waals surface area contributed by atoms with Crippen molar-refractivity contribution in [1.82, 2.24) is 9.78 Å². The Bertz CT molecular complexity index is 207. The molecule has 0 bridgehead atoms. The molecule has 0 saturated heterocycles. The molecule has 56 valence electrons. The molecule has 0 aliphatic heterocycles. The molecule has 0 aliphatic rings. The van der Waals surface area contributed by atoms with Crippen LogP contribution in [0.2, 0.25) is 0 Å². The van der Waals surface area contributed by atoms with Gasteiger partial charge in [-0.2, -0.15) is 5.10 Å². The Morgan fingerprint density at radius 1 is 1.80 bits per heavy atom. The molecule has 0 saturated carbocycles. The fourth-order valence-electron chi connectivity index (χ4n) is 0.961. The Balaban J connectivity index is 2.82. The summed E-state index contributed by atoms with van der Waals surface area (Å²) in [4.78, 5) is 0. The standard InChI is InChI=1S/C7H12N2O/c1-6(5-10)7-3-4-8-9(7)2/h3-4,6,10H,5H2,1-2H3/t6-/m1/s1. The van der Waals surface area contributed by atoms with Crippen LogP contribution < -0.4 is 0 Å². The zero-order valence-corrected chi connectivity index (χ0v) is 6.28. The molecular formula is C7H12N2O. The largest absolute Gasteiger partial charge is 0.396 e. The number of aromatic nitrogens is 2. The smallest absolute Gasteiger partial charge is 0.0512 e. The molecule has 10 heavy (non-hydrogen) atoms.